The summed E-state index contributed by atoms with van der Waals surface area (Å²) in [5.74, 6) is -0.268. The van der Waals surface area contributed by atoms with E-state index < -0.39 is 23.8 Å². The Bertz CT molecular complexity index is 1340. The van der Waals surface area contributed by atoms with Crippen molar-refractivity contribution in [3.05, 3.63) is 65.7 Å². The van der Waals surface area contributed by atoms with Gasteiger partial charge in [0.05, 0.1) is 25.4 Å². The molecular formula is C22H19F3N6O3. The molecule has 4 rings (SSSR count). The number of methoxy groups -OCH3 is 1. The molecule has 0 saturated carbocycles. The van der Waals surface area contributed by atoms with Crippen molar-refractivity contribution in [3.8, 4) is 17.2 Å². The van der Waals surface area contributed by atoms with Crippen molar-refractivity contribution >= 4 is 16.8 Å². The number of halogens is 3. The Labute approximate surface area is 191 Å². The van der Waals surface area contributed by atoms with E-state index in [1.165, 1.54) is 25.6 Å². The summed E-state index contributed by atoms with van der Waals surface area (Å²) >= 11 is 0. The van der Waals surface area contributed by atoms with E-state index in [4.69, 9.17) is 14.9 Å². The number of nitrogens with zero attached hydrogens (tertiary/aromatic N) is 4. The summed E-state index contributed by atoms with van der Waals surface area (Å²) in [6.07, 6.45) is -1.73. The molecule has 0 saturated heterocycles. The molecule has 176 valence electrons. The average Bonchev–Trinajstić information content (AvgIpc) is 3.27. The zero-order valence-electron chi connectivity index (χ0n) is 18.1. The number of hydrogen-bond acceptors (Lipinski definition) is 8. The molecule has 0 aliphatic heterocycles. The van der Waals surface area contributed by atoms with Crippen molar-refractivity contribution in [3.63, 3.8) is 0 Å². The van der Waals surface area contributed by atoms with Gasteiger partial charge in [-0.15, -0.1) is 0 Å². The zero-order valence-corrected chi connectivity index (χ0v) is 18.1. The van der Waals surface area contributed by atoms with Crippen molar-refractivity contribution < 1.29 is 27.1 Å². The van der Waals surface area contributed by atoms with Gasteiger partial charge >= 0.3 is 6.18 Å². The van der Waals surface area contributed by atoms with E-state index in [1.807, 2.05) is 0 Å². The van der Waals surface area contributed by atoms with Gasteiger partial charge in [-0.1, -0.05) is 0 Å². The highest BCUT2D eigenvalue weighted by Gasteiger charge is 2.33. The molecular weight excluding hydrogens is 453 g/mol. The van der Waals surface area contributed by atoms with Gasteiger partial charge in [0.1, 0.15) is 23.3 Å². The fourth-order valence-electron chi connectivity index (χ4n) is 3.30. The molecule has 1 amide bonds. The van der Waals surface area contributed by atoms with Crippen LogP contribution >= 0.6 is 0 Å². The normalized spacial score (nSPS) is 12.5. The summed E-state index contributed by atoms with van der Waals surface area (Å²) in [7, 11) is 1.33. The molecule has 0 aliphatic carbocycles. The average molecular weight is 472 g/mol. The first-order chi connectivity index (χ1) is 16.2. The lowest BCUT2D eigenvalue weighted by molar-refractivity contribution is -0.140. The van der Waals surface area contributed by atoms with E-state index in [2.05, 4.69) is 25.3 Å². The molecule has 3 aromatic heterocycles. The smallest absolute Gasteiger partial charge is 0.433 e. The van der Waals surface area contributed by atoms with Gasteiger partial charge < -0.3 is 20.2 Å². The van der Waals surface area contributed by atoms with E-state index in [0.717, 1.165) is 6.07 Å². The SMILES string of the molecule is COc1ccc(-c2nc(C(=O)NCc3ccncn3)c([C@H](C)N)o2)c2ccc(C(F)(F)F)nc12. The Hall–Kier alpha value is -4.06. The summed E-state index contributed by atoms with van der Waals surface area (Å²) < 4.78 is 50.6. The Kier molecular flexibility index (Phi) is 6.16. The minimum absolute atomic E-state index is 0.00805. The van der Waals surface area contributed by atoms with Crippen molar-refractivity contribution in [1.29, 1.82) is 0 Å². The fraction of sp³-hybridized carbons (Fsp3) is 0.227. The quantitative estimate of drug-likeness (QED) is 0.435. The van der Waals surface area contributed by atoms with Crippen LogP contribution in [0.1, 0.15) is 40.6 Å². The number of aromatic nitrogens is 4. The first-order valence-corrected chi connectivity index (χ1v) is 10.0. The van der Waals surface area contributed by atoms with Crippen LogP contribution < -0.4 is 15.8 Å². The van der Waals surface area contributed by atoms with Crippen molar-refractivity contribution in [2.45, 2.75) is 25.7 Å². The number of oxazole rings is 1. The van der Waals surface area contributed by atoms with E-state index >= 15 is 0 Å². The number of benzene rings is 1. The molecule has 1 aromatic carbocycles. The highest BCUT2D eigenvalue weighted by Crippen LogP contribution is 2.37. The van der Waals surface area contributed by atoms with Crippen LogP contribution in [0.15, 0.2) is 47.3 Å². The topological polar surface area (TPSA) is 129 Å². The van der Waals surface area contributed by atoms with E-state index in [0.29, 0.717) is 16.6 Å². The Balaban J connectivity index is 1.76. The summed E-state index contributed by atoms with van der Waals surface area (Å²) in [6, 6.07) is 6.10. The maximum absolute atomic E-state index is 13.2. The monoisotopic (exact) mass is 472 g/mol. The Morgan fingerprint density at radius 2 is 2.00 bits per heavy atom. The van der Waals surface area contributed by atoms with E-state index in [1.54, 1.807) is 25.3 Å². The minimum atomic E-state index is -4.63. The number of amides is 1. The number of rotatable bonds is 6. The molecule has 0 fully saturated rings. The van der Waals surface area contributed by atoms with Crippen LogP contribution in [0, 0.1) is 0 Å². The second-order valence-electron chi connectivity index (χ2n) is 7.31. The maximum Gasteiger partial charge on any atom is 0.433 e. The number of carbonyl (C=O) groups excluding carboxylic acids is 1. The molecule has 9 nitrogen and oxygen atoms in total. The number of hydrogen-bond donors (Lipinski definition) is 2. The summed E-state index contributed by atoms with van der Waals surface area (Å²) in [5.41, 5.74) is 5.77. The molecule has 0 spiro atoms. The second kappa shape index (κ2) is 9.06. The number of alkyl halides is 3. The van der Waals surface area contributed by atoms with Gasteiger partial charge in [-0.2, -0.15) is 13.2 Å². The Morgan fingerprint density at radius 1 is 1.21 bits per heavy atom. The summed E-state index contributed by atoms with van der Waals surface area (Å²) in [4.78, 5) is 28.7. The van der Waals surface area contributed by atoms with Gasteiger partial charge in [-0.25, -0.2) is 19.9 Å². The highest BCUT2D eigenvalue weighted by atomic mass is 19.4. The highest BCUT2D eigenvalue weighted by molar-refractivity contribution is 5.98. The minimum Gasteiger partial charge on any atom is -0.494 e. The van der Waals surface area contributed by atoms with Crippen LogP contribution in [0.3, 0.4) is 0 Å². The standard InChI is InChI=1S/C22H19F3N6O3/c1-11(26)19-18(20(32)28-9-12-7-8-27-10-29-12)31-21(34-19)14-3-5-15(33-2)17-13(14)4-6-16(30-17)22(23,24)25/h3-8,10-11H,9,26H2,1-2H3,(H,28,32)/t11-/m0/s1. The third-order valence-corrected chi connectivity index (χ3v) is 4.92. The number of nitrogens with two attached hydrogens (primary N) is 1. The van der Waals surface area contributed by atoms with E-state index in [-0.39, 0.29) is 35.2 Å². The van der Waals surface area contributed by atoms with Crippen molar-refractivity contribution in [2.24, 2.45) is 5.73 Å². The summed E-state index contributed by atoms with van der Waals surface area (Å²) in [5, 5.41) is 2.99. The first kappa shape index (κ1) is 23.1. The molecule has 3 N–H and O–H groups in total. The molecule has 12 heteroatoms. The van der Waals surface area contributed by atoms with Crippen molar-refractivity contribution in [2.75, 3.05) is 7.11 Å². The lowest BCUT2D eigenvalue weighted by Crippen LogP contribution is -2.25. The predicted molar refractivity (Wildman–Crippen MR) is 115 cm³/mol. The van der Waals surface area contributed by atoms with Crippen LogP contribution in [0.25, 0.3) is 22.4 Å². The molecule has 0 radical (unpaired) electrons. The van der Waals surface area contributed by atoms with Gasteiger partial charge in [-0.05, 0) is 37.3 Å². The number of fused-ring (bicyclic) bond motifs is 1. The lowest BCUT2D eigenvalue weighted by Gasteiger charge is -2.11. The molecule has 3 heterocycles. The van der Waals surface area contributed by atoms with Gasteiger partial charge in [0.2, 0.25) is 5.89 Å². The van der Waals surface area contributed by atoms with Gasteiger partial charge in [0.15, 0.2) is 11.5 Å². The molecule has 0 unspecified atom stereocenters. The number of ether oxygens (including phenoxy) is 1. The molecule has 4 aromatic rings. The zero-order chi connectivity index (χ0) is 24.5. The fourth-order valence-corrected chi connectivity index (χ4v) is 3.30. The molecule has 34 heavy (non-hydrogen) atoms. The predicted octanol–water partition coefficient (Wildman–Crippen LogP) is 3.66. The van der Waals surface area contributed by atoms with Gasteiger partial charge in [-0.3, -0.25) is 4.79 Å². The van der Waals surface area contributed by atoms with Crippen LogP contribution in [-0.2, 0) is 12.7 Å². The third kappa shape index (κ3) is 4.53. The Morgan fingerprint density at radius 3 is 2.65 bits per heavy atom. The van der Waals surface area contributed by atoms with Crippen LogP contribution in [0.2, 0.25) is 0 Å². The van der Waals surface area contributed by atoms with Crippen LogP contribution in [0.4, 0.5) is 13.2 Å². The van der Waals surface area contributed by atoms with Gasteiger partial charge in [0, 0.05) is 17.1 Å². The first-order valence-electron chi connectivity index (χ1n) is 10.0. The molecule has 1 atom stereocenters. The molecule has 0 bridgehead atoms. The summed E-state index contributed by atoms with van der Waals surface area (Å²) in [6.45, 7) is 1.74. The second-order valence-corrected chi connectivity index (χ2v) is 7.31. The number of carbonyl (C=O) groups is 1. The van der Waals surface area contributed by atoms with Gasteiger partial charge in [0.25, 0.3) is 5.91 Å². The van der Waals surface area contributed by atoms with Crippen molar-refractivity contribution in [1.82, 2.24) is 25.3 Å². The molecule has 0 aliphatic rings. The maximum atomic E-state index is 13.2. The van der Waals surface area contributed by atoms with E-state index in [9.17, 15) is 18.0 Å². The lowest BCUT2D eigenvalue weighted by atomic mass is 10.1. The number of pyridine rings is 1. The third-order valence-electron chi connectivity index (χ3n) is 4.92. The van der Waals surface area contributed by atoms with Crippen LogP contribution in [0.5, 0.6) is 5.75 Å². The van der Waals surface area contributed by atoms with Crippen LogP contribution in [-0.4, -0.2) is 33.0 Å². The number of nitrogens with one attached hydrogen (secondary N) is 1. The largest absolute Gasteiger partial charge is 0.494 e.